The van der Waals surface area contributed by atoms with E-state index in [0.29, 0.717) is 22.9 Å². The first-order valence-corrected chi connectivity index (χ1v) is 13.6. The van der Waals surface area contributed by atoms with Crippen molar-refractivity contribution in [1.29, 1.82) is 0 Å². The molecule has 4 aromatic rings. The van der Waals surface area contributed by atoms with Crippen molar-refractivity contribution in [1.82, 2.24) is 0 Å². The highest BCUT2D eigenvalue weighted by Gasteiger charge is 2.18. The van der Waals surface area contributed by atoms with Crippen LogP contribution < -0.4 is 20.1 Å². The molecule has 0 aliphatic carbocycles. The van der Waals surface area contributed by atoms with E-state index in [1.165, 1.54) is 24.3 Å². The number of hydrogen-bond donors (Lipinski definition) is 2. The molecule has 4 rings (SSSR count). The molecular formula is C30H28N2O6S. The minimum Gasteiger partial charge on any atom is -0.497 e. The van der Waals surface area contributed by atoms with Gasteiger partial charge in [-0.1, -0.05) is 24.3 Å². The molecule has 0 bridgehead atoms. The standard InChI is InChI=1S/C30H28N2O6S/c1-37-25-11-3-21(4-12-25)19-29(33)31-23-7-15-27(16-8-23)39(35,36)28-17-9-24(10-18-28)32-30(34)20-22-5-13-26(38-2)14-6-22/h3-18H,19-20H2,1-2H3,(H,31,33)(H,32,34). The van der Waals surface area contributed by atoms with Crippen LogP contribution in [0.15, 0.2) is 107 Å². The lowest BCUT2D eigenvalue weighted by Crippen LogP contribution is -2.14. The number of methoxy groups -OCH3 is 2. The van der Waals surface area contributed by atoms with Crippen LogP contribution in [-0.4, -0.2) is 34.5 Å². The number of sulfone groups is 1. The van der Waals surface area contributed by atoms with Crippen molar-refractivity contribution in [2.24, 2.45) is 0 Å². The minimum absolute atomic E-state index is 0.0898. The Morgan fingerprint density at radius 3 is 1.21 bits per heavy atom. The molecule has 0 aliphatic heterocycles. The number of ether oxygens (including phenoxy) is 2. The van der Waals surface area contributed by atoms with Crippen molar-refractivity contribution < 1.29 is 27.5 Å². The fraction of sp³-hybridized carbons (Fsp3) is 0.133. The Morgan fingerprint density at radius 2 is 0.897 bits per heavy atom. The Kier molecular flexibility index (Phi) is 8.63. The van der Waals surface area contributed by atoms with Gasteiger partial charge in [0.25, 0.3) is 0 Å². The maximum Gasteiger partial charge on any atom is 0.228 e. The first-order chi connectivity index (χ1) is 18.8. The summed E-state index contributed by atoms with van der Waals surface area (Å²) in [6.45, 7) is 0. The molecule has 0 radical (unpaired) electrons. The third kappa shape index (κ3) is 7.24. The van der Waals surface area contributed by atoms with Gasteiger partial charge in [-0.2, -0.15) is 0 Å². The summed E-state index contributed by atoms with van der Waals surface area (Å²) in [6, 6.07) is 26.4. The second-order valence-corrected chi connectivity index (χ2v) is 10.6. The van der Waals surface area contributed by atoms with Gasteiger partial charge in [-0.15, -0.1) is 0 Å². The van der Waals surface area contributed by atoms with E-state index in [4.69, 9.17) is 9.47 Å². The van der Waals surface area contributed by atoms with E-state index in [1.54, 1.807) is 62.8 Å². The van der Waals surface area contributed by atoms with E-state index in [0.717, 1.165) is 11.1 Å². The van der Waals surface area contributed by atoms with E-state index in [1.807, 2.05) is 24.3 Å². The Labute approximate surface area is 227 Å². The quantitative estimate of drug-likeness (QED) is 0.294. The number of hydrogen-bond acceptors (Lipinski definition) is 6. The van der Waals surface area contributed by atoms with Crippen LogP contribution in [0.4, 0.5) is 11.4 Å². The second-order valence-electron chi connectivity index (χ2n) is 8.70. The lowest BCUT2D eigenvalue weighted by atomic mass is 10.1. The van der Waals surface area contributed by atoms with Gasteiger partial charge >= 0.3 is 0 Å². The highest BCUT2D eigenvalue weighted by molar-refractivity contribution is 7.91. The number of benzene rings is 4. The summed E-state index contributed by atoms with van der Waals surface area (Å²) in [5.41, 5.74) is 2.63. The molecule has 0 aromatic heterocycles. The van der Waals surface area contributed by atoms with Crippen LogP contribution in [0.1, 0.15) is 11.1 Å². The van der Waals surface area contributed by atoms with Crippen LogP contribution in [-0.2, 0) is 32.3 Å². The molecule has 8 nitrogen and oxygen atoms in total. The van der Waals surface area contributed by atoms with Crippen LogP contribution in [0.3, 0.4) is 0 Å². The summed E-state index contributed by atoms with van der Waals surface area (Å²) in [7, 11) is -0.637. The summed E-state index contributed by atoms with van der Waals surface area (Å²) in [5.74, 6) is 0.973. The smallest absolute Gasteiger partial charge is 0.228 e. The summed E-state index contributed by atoms with van der Waals surface area (Å²) in [4.78, 5) is 24.9. The van der Waals surface area contributed by atoms with Crippen LogP contribution >= 0.6 is 0 Å². The predicted molar refractivity (Wildman–Crippen MR) is 149 cm³/mol. The van der Waals surface area contributed by atoms with Gasteiger partial charge in [-0.25, -0.2) is 8.42 Å². The average Bonchev–Trinajstić information content (AvgIpc) is 2.94. The molecule has 0 heterocycles. The van der Waals surface area contributed by atoms with Gasteiger partial charge in [-0.3, -0.25) is 9.59 Å². The fourth-order valence-corrected chi connectivity index (χ4v) is 5.10. The molecule has 200 valence electrons. The van der Waals surface area contributed by atoms with Gasteiger partial charge in [-0.05, 0) is 83.9 Å². The zero-order valence-corrected chi connectivity index (χ0v) is 22.3. The SMILES string of the molecule is COc1ccc(CC(=O)Nc2ccc(S(=O)(=O)c3ccc(NC(=O)Cc4ccc(OC)cc4)cc3)cc2)cc1. The molecule has 0 aliphatic rings. The molecule has 0 unspecified atom stereocenters. The molecule has 2 N–H and O–H groups in total. The zero-order valence-electron chi connectivity index (χ0n) is 21.5. The normalized spacial score (nSPS) is 10.9. The van der Waals surface area contributed by atoms with E-state index in [-0.39, 0.29) is 34.4 Å². The third-order valence-electron chi connectivity index (χ3n) is 5.94. The Bertz CT molecular complexity index is 1420. The number of carbonyl (C=O) groups is 2. The molecule has 0 saturated carbocycles. The van der Waals surface area contributed by atoms with E-state index >= 15 is 0 Å². The van der Waals surface area contributed by atoms with Crippen molar-refractivity contribution in [3.05, 3.63) is 108 Å². The van der Waals surface area contributed by atoms with Crippen LogP contribution in [0.2, 0.25) is 0 Å². The number of carbonyl (C=O) groups excluding carboxylic acids is 2. The summed E-state index contributed by atoms with van der Waals surface area (Å²) < 4.78 is 36.4. The Hall–Kier alpha value is -4.63. The topological polar surface area (TPSA) is 111 Å². The lowest BCUT2D eigenvalue weighted by Gasteiger charge is -2.10. The predicted octanol–water partition coefficient (Wildman–Crippen LogP) is 4.90. The fourth-order valence-electron chi connectivity index (χ4n) is 3.84. The van der Waals surface area contributed by atoms with Gasteiger partial charge in [0.15, 0.2) is 0 Å². The molecule has 0 spiro atoms. The second kappa shape index (κ2) is 12.3. The number of anilines is 2. The van der Waals surface area contributed by atoms with Gasteiger partial charge in [0.2, 0.25) is 21.7 Å². The summed E-state index contributed by atoms with van der Waals surface area (Å²) in [6.07, 6.45) is 0.347. The summed E-state index contributed by atoms with van der Waals surface area (Å²) >= 11 is 0. The molecule has 2 amide bonds. The third-order valence-corrected chi connectivity index (χ3v) is 7.73. The van der Waals surface area contributed by atoms with Crippen molar-refractivity contribution >= 4 is 33.0 Å². The highest BCUT2D eigenvalue weighted by atomic mass is 32.2. The minimum atomic E-state index is -3.79. The maximum atomic E-state index is 13.1. The Morgan fingerprint density at radius 1 is 0.564 bits per heavy atom. The Balaban J connectivity index is 1.34. The first kappa shape index (κ1) is 27.4. The van der Waals surface area contributed by atoms with E-state index in [2.05, 4.69) is 10.6 Å². The molecule has 0 fully saturated rings. The van der Waals surface area contributed by atoms with Crippen molar-refractivity contribution in [2.75, 3.05) is 24.9 Å². The molecule has 4 aromatic carbocycles. The number of rotatable bonds is 10. The number of nitrogens with one attached hydrogen (secondary N) is 2. The van der Waals surface area contributed by atoms with Gasteiger partial charge in [0.1, 0.15) is 11.5 Å². The van der Waals surface area contributed by atoms with E-state index in [9.17, 15) is 18.0 Å². The van der Waals surface area contributed by atoms with Crippen LogP contribution in [0.5, 0.6) is 11.5 Å². The average molecular weight is 545 g/mol. The van der Waals surface area contributed by atoms with Crippen molar-refractivity contribution in [3.63, 3.8) is 0 Å². The molecular weight excluding hydrogens is 516 g/mol. The zero-order chi connectivity index (χ0) is 27.8. The molecule has 9 heteroatoms. The van der Waals surface area contributed by atoms with Crippen LogP contribution in [0, 0.1) is 0 Å². The summed E-state index contributed by atoms with van der Waals surface area (Å²) in [5, 5.41) is 5.55. The van der Waals surface area contributed by atoms with Crippen LogP contribution in [0.25, 0.3) is 0 Å². The van der Waals surface area contributed by atoms with Crippen molar-refractivity contribution in [2.45, 2.75) is 22.6 Å². The molecule has 39 heavy (non-hydrogen) atoms. The van der Waals surface area contributed by atoms with Crippen molar-refractivity contribution in [3.8, 4) is 11.5 Å². The van der Waals surface area contributed by atoms with Gasteiger partial charge < -0.3 is 20.1 Å². The van der Waals surface area contributed by atoms with Gasteiger partial charge in [0.05, 0.1) is 36.9 Å². The molecule has 0 atom stereocenters. The van der Waals surface area contributed by atoms with E-state index < -0.39 is 9.84 Å². The monoisotopic (exact) mass is 544 g/mol. The molecule has 0 saturated heterocycles. The maximum absolute atomic E-state index is 13.1. The highest BCUT2D eigenvalue weighted by Crippen LogP contribution is 2.24. The largest absolute Gasteiger partial charge is 0.497 e. The number of amides is 2. The van der Waals surface area contributed by atoms with Gasteiger partial charge in [0, 0.05) is 11.4 Å². The lowest BCUT2D eigenvalue weighted by molar-refractivity contribution is -0.116. The first-order valence-electron chi connectivity index (χ1n) is 12.1.